The molecular formula is C19H21N3O3. The van der Waals surface area contributed by atoms with Crippen LogP contribution < -0.4 is 5.32 Å². The van der Waals surface area contributed by atoms with Gasteiger partial charge < -0.3 is 10.2 Å². The van der Waals surface area contributed by atoms with Crippen LogP contribution in [0.2, 0.25) is 0 Å². The Kier molecular flexibility index (Phi) is 4.44. The van der Waals surface area contributed by atoms with Crippen LogP contribution >= 0.6 is 0 Å². The number of hydrogen-bond acceptors (Lipinski definition) is 4. The molecular weight excluding hydrogens is 318 g/mol. The first-order chi connectivity index (χ1) is 11.9. The van der Waals surface area contributed by atoms with Gasteiger partial charge in [-0.05, 0) is 32.4 Å². The summed E-state index contributed by atoms with van der Waals surface area (Å²) >= 11 is 0. The zero-order chi connectivity index (χ0) is 18.1. The second-order valence-electron chi connectivity index (χ2n) is 6.37. The fourth-order valence-corrected chi connectivity index (χ4v) is 3.16. The van der Waals surface area contributed by atoms with Crippen LogP contribution in [0.5, 0.6) is 0 Å². The highest BCUT2D eigenvalue weighted by Gasteiger charge is 2.35. The van der Waals surface area contributed by atoms with E-state index >= 15 is 0 Å². The van der Waals surface area contributed by atoms with Crippen LogP contribution in [-0.4, -0.2) is 21.8 Å². The summed E-state index contributed by atoms with van der Waals surface area (Å²) in [6, 6.07) is 12.5. The van der Waals surface area contributed by atoms with Crippen LogP contribution in [0.15, 0.2) is 42.5 Å². The van der Waals surface area contributed by atoms with E-state index in [1.165, 1.54) is 0 Å². The smallest absolute Gasteiger partial charge is 0.272 e. The third-order valence-corrected chi connectivity index (χ3v) is 4.77. The van der Waals surface area contributed by atoms with Crippen molar-refractivity contribution in [3.05, 3.63) is 69.3 Å². The Hall–Kier alpha value is -2.89. The number of nitrogens with one attached hydrogen (secondary N) is 1. The summed E-state index contributed by atoms with van der Waals surface area (Å²) in [6.07, 6.45) is 0.358. The SMILES string of the molecule is CC[C@@H](C)N1C(=O)c2ccccc2N[C@H]1c1ccc(C)c([N+](=O)[O-])c1. The van der Waals surface area contributed by atoms with Crippen LogP contribution in [0, 0.1) is 17.0 Å². The first-order valence-corrected chi connectivity index (χ1v) is 8.37. The number of fused-ring (bicyclic) bond motifs is 1. The normalized spacial score (nSPS) is 17.6. The molecule has 130 valence electrons. The quantitative estimate of drug-likeness (QED) is 0.667. The van der Waals surface area contributed by atoms with Gasteiger partial charge in [-0.15, -0.1) is 0 Å². The highest BCUT2D eigenvalue weighted by atomic mass is 16.6. The van der Waals surface area contributed by atoms with Crippen LogP contribution in [0.3, 0.4) is 0 Å². The molecule has 0 aliphatic carbocycles. The molecule has 0 spiro atoms. The second kappa shape index (κ2) is 6.55. The number of carbonyl (C=O) groups excluding carboxylic acids is 1. The molecule has 0 fully saturated rings. The third kappa shape index (κ3) is 2.95. The number of nitro benzene ring substituents is 1. The van der Waals surface area contributed by atoms with Crippen molar-refractivity contribution in [1.82, 2.24) is 4.90 Å². The number of benzene rings is 2. The van der Waals surface area contributed by atoms with Gasteiger partial charge in [0.1, 0.15) is 6.17 Å². The van der Waals surface area contributed by atoms with Crippen molar-refractivity contribution in [1.29, 1.82) is 0 Å². The van der Waals surface area contributed by atoms with Gasteiger partial charge in [-0.3, -0.25) is 14.9 Å². The van der Waals surface area contributed by atoms with Gasteiger partial charge in [-0.2, -0.15) is 0 Å². The number of anilines is 1. The molecule has 25 heavy (non-hydrogen) atoms. The summed E-state index contributed by atoms with van der Waals surface area (Å²) in [6.45, 7) is 5.72. The molecule has 3 rings (SSSR count). The Morgan fingerprint density at radius 1 is 1.28 bits per heavy atom. The van der Waals surface area contributed by atoms with Crippen molar-refractivity contribution < 1.29 is 9.72 Å². The van der Waals surface area contributed by atoms with Crippen LogP contribution in [0.1, 0.15) is 47.9 Å². The minimum atomic E-state index is -0.434. The van der Waals surface area contributed by atoms with E-state index in [0.717, 1.165) is 12.1 Å². The molecule has 6 heteroatoms. The van der Waals surface area contributed by atoms with Gasteiger partial charge in [0, 0.05) is 28.9 Å². The van der Waals surface area contributed by atoms with E-state index in [1.54, 1.807) is 30.0 Å². The van der Waals surface area contributed by atoms with E-state index in [0.29, 0.717) is 16.7 Å². The molecule has 0 aromatic heterocycles. The molecule has 2 aromatic carbocycles. The molecule has 1 aliphatic heterocycles. The van der Waals surface area contributed by atoms with E-state index in [-0.39, 0.29) is 22.6 Å². The Labute approximate surface area is 146 Å². The maximum Gasteiger partial charge on any atom is 0.272 e. The summed E-state index contributed by atoms with van der Waals surface area (Å²) in [5.41, 5.74) is 2.75. The molecule has 0 bridgehead atoms. The van der Waals surface area contributed by atoms with Gasteiger partial charge >= 0.3 is 0 Å². The predicted molar refractivity (Wildman–Crippen MR) is 96.6 cm³/mol. The van der Waals surface area contributed by atoms with E-state index in [2.05, 4.69) is 5.32 Å². The van der Waals surface area contributed by atoms with Crippen molar-refractivity contribution >= 4 is 17.3 Å². The number of nitrogens with zero attached hydrogens (tertiary/aromatic N) is 2. The van der Waals surface area contributed by atoms with Crippen molar-refractivity contribution in [2.24, 2.45) is 0 Å². The number of para-hydroxylation sites is 1. The average molecular weight is 339 g/mol. The van der Waals surface area contributed by atoms with Crippen molar-refractivity contribution in [3.8, 4) is 0 Å². The third-order valence-electron chi connectivity index (χ3n) is 4.77. The predicted octanol–water partition coefficient (Wildman–Crippen LogP) is 4.27. The van der Waals surface area contributed by atoms with Gasteiger partial charge in [0.25, 0.3) is 11.6 Å². The molecule has 1 heterocycles. The largest absolute Gasteiger partial charge is 0.361 e. The second-order valence-corrected chi connectivity index (χ2v) is 6.37. The summed E-state index contributed by atoms with van der Waals surface area (Å²) in [7, 11) is 0. The van der Waals surface area contributed by atoms with Crippen molar-refractivity contribution in [2.75, 3.05) is 5.32 Å². The lowest BCUT2D eigenvalue weighted by Gasteiger charge is -2.41. The first-order valence-electron chi connectivity index (χ1n) is 8.37. The number of aryl methyl sites for hydroxylation is 1. The lowest BCUT2D eigenvalue weighted by atomic mass is 9.99. The Morgan fingerprint density at radius 3 is 2.68 bits per heavy atom. The number of nitro groups is 1. The zero-order valence-electron chi connectivity index (χ0n) is 14.5. The lowest BCUT2D eigenvalue weighted by molar-refractivity contribution is -0.385. The molecule has 6 nitrogen and oxygen atoms in total. The minimum Gasteiger partial charge on any atom is -0.361 e. The van der Waals surface area contributed by atoms with Gasteiger partial charge in [-0.1, -0.05) is 31.2 Å². The summed E-state index contributed by atoms with van der Waals surface area (Å²) in [5.74, 6) is -0.0584. The van der Waals surface area contributed by atoms with Crippen LogP contribution in [-0.2, 0) is 0 Å². The zero-order valence-corrected chi connectivity index (χ0v) is 14.5. The van der Waals surface area contributed by atoms with E-state index in [4.69, 9.17) is 0 Å². The minimum absolute atomic E-state index is 0.00119. The summed E-state index contributed by atoms with van der Waals surface area (Å²) in [4.78, 5) is 25.7. The maximum atomic E-state index is 13.0. The molecule has 1 aliphatic rings. The van der Waals surface area contributed by atoms with Gasteiger partial charge in [0.2, 0.25) is 0 Å². The Morgan fingerprint density at radius 2 is 2.00 bits per heavy atom. The van der Waals surface area contributed by atoms with Gasteiger partial charge in [0.15, 0.2) is 0 Å². The number of hydrogen-bond donors (Lipinski definition) is 1. The average Bonchev–Trinajstić information content (AvgIpc) is 2.61. The van der Waals surface area contributed by atoms with E-state index < -0.39 is 6.17 Å². The first kappa shape index (κ1) is 17.0. The van der Waals surface area contributed by atoms with Gasteiger partial charge in [-0.25, -0.2) is 0 Å². The molecule has 2 atom stereocenters. The van der Waals surface area contributed by atoms with E-state index in [1.807, 2.05) is 38.1 Å². The lowest BCUT2D eigenvalue weighted by Crippen LogP contribution is -2.47. The molecule has 0 unspecified atom stereocenters. The fraction of sp³-hybridized carbons (Fsp3) is 0.316. The Balaban J connectivity index is 2.11. The maximum absolute atomic E-state index is 13.0. The highest BCUT2D eigenvalue weighted by Crippen LogP contribution is 2.36. The molecule has 0 radical (unpaired) electrons. The van der Waals surface area contributed by atoms with Crippen LogP contribution in [0.4, 0.5) is 11.4 Å². The standard InChI is InChI=1S/C19H21N3O3/c1-4-13(3)21-18(14-10-9-12(2)17(11-14)22(24)25)20-16-8-6-5-7-15(16)19(21)23/h5-11,13,18,20H,4H2,1-3H3/t13-,18-/m1/s1. The van der Waals surface area contributed by atoms with Crippen molar-refractivity contribution in [3.63, 3.8) is 0 Å². The fourth-order valence-electron chi connectivity index (χ4n) is 3.16. The number of rotatable bonds is 4. The monoisotopic (exact) mass is 339 g/mol. The van der Waals surface area contributed by atoms with Crippen LogP contribution in [0.25, 0.3) is 0 Å². The molecule has 2 aromatic rings. The number of amides is 1. The molecule has 0 saturated heterocycles. The molecule has 1 amide bonds. The topological polar surface area (TPSA) is 75.5 Å². The van der Waals surface area contributed by atoms with Gasteiger partial charge in [0.05, 0.1) is 10.5 Å². The van der Waals surface area contributed by atoms with E-state index in [9.17, 15) is 14.9 Å². The molecule has 1 N–H and O–H groups in total. The summed E-state index contributed by atoms with van der Waals surface area (Å²) in [5, 5.41) is 14.7. The highest BCUT2D eigenvalue weighted by molar-refractivity contribution is 6.01. The Bertz CT molecular complexity index is 834. The summed E-state index contributed by atoms with van der Waals surface area (Å²) < 4.78 is 0. The number of carbonyl (C=O) groups is 1. The van der Waals surface area contributed by atoms with Crippen molar-refractivity contribution in [2.45, 2.75) is 39.4 Å². The molecule has 0 saturated carbocycles.